The van der Waals surface area contributed by atoms with Crippen LogP contribution in [0, 0.1) is 5.92 Å². The second-order valence-corrected chi connectivity index (χ2v) is 5.83. The summed E-state index contributed by atoms with van der Waals surface area (Å²) in [7, 11) is 0. The molecule has 0 fully saturated rings. The number of aliphatic hydroxyl groups is 1. The summed E-state index contributed by atoms with van der Waals surface area (Å²) in [5.74, 6) is -0.158. The van der Waals surface area contributed by atoms with E-state index in [-0.39, 0.29) is 23.7 Å². The van der Waals surface area contributed by atoms with Gasteiger partial charge in [-0.2, -0.15) is 5.10 Å². The molecule has 6 nitrogen and oxygen atoms in total. The highest BCUT2D eigenvalue weighted by molar-refractivity contribution is 6.04. The highest BCUT2D eigenvalue weighted by Crippen LogP contribution is 2.13. The molecule has 1 aromatic heterocycles. The highest BCUT2D eigenvalue weighted by atomic mass is 16.3. The molecule has 1 atom stereocenters. The van der Waals surface area contributed by atoms with Crippen LogP contribution in [0.2, 0.25) is 0 Å². The molecule has 0 aliphatic carbocycles. The Labute approximate surface area is 128 Å². The van der Waals surface area contributed by atoms with Gasteiger partial charge in [-0.3, -0.25) is 9.59 Å². The number of amides is 1. The maximum Gasteiger partial charge on any atom is 0.274 e. The molecule has 22 heavy (non-hydrogen) atoms. The Morgan fingerprint density at radius 2 is 1.91 bits per heavy atom. The molecule has 1 amide bonds. The molecule has 0 bridgehead atoms. The third-order valence-corrected chi connectivity index (χ3v) is 3.18. The molecule has 2 N–H and O–H groups in total. The average molecular weight is 303 g/mol. The Morgan fingerprint density at radius 1 is 1.27 bits per heavy atom. The predicted octanol–water partition coefficient (Wildman–Crippen LogP) is 1.16. The van der Waals surface area contributed by atoms with Gasteiger partial charge in [0.05, 0.1) is 11.5 Å². The molecule has 0 aliphatic heterocycles. The lowest BCUT2D eigenvalue weighted by Crippen LogP contribution is -2.34. The number of aliphatic hydroxyl groups excluding tert-OH is 1. The molecule has 118 valence electrons. The summed E-state index contributed by atoms with van der Waals surface area (Å²) in [4.78, 5) is 24.7. The van der Waals surface area contributed by atoms with E-state index < -0.39 is 12.0 Å². The van der Waals surface area contributed by atoms with E-state index in [1.807, 2.05) is 13.8 Å². The van der Waals surface area contributed by atoms with Gasteiger partial charge >= 0.3 is 0 Å². The van der Waals surface area contributed by atoms with Gasteiger partial charge in [0.25, 0.3) is 11.5 Å². The molecular formula is C16H21N3O3. The van der Waals surface area contributed by atoms with E-state index in [9.17, 15) is 14.7 Å². The topological polar surface area (TPSA) is 84.2 Å². The fourth-order valence-corrected chi connectivity index (χ4v) is 2.20. The third-order valence-electron chi connectivity index (χ3n) is 3.18. The zero-order valence-electron chi connectivity index (χ0n) is 13.0. The Bertz CT molecular complexity index is 735. The van der Waals surface area contributed by atoms with Crippen LogP contribution in [-0.2, 0) is 6.54 Å². The fraction of sp³-hybridized carbons (Fsp3) is 0.438. The van der Waals surface area contributed by atoms with Gasteiger partial charge in [0.1, 0.15) is 0 Å². The summed E-state index contributed by atoms with van der Waals surface area (Å²) in [6, 6.07) is 6.94. The molecule has 0 radical (unpaired) electrons. The normalized spacial score (nSPS) is 12.6. The molecular weight excluding hydrogens is 282 g/mol. The highest BCUT2D eigenvalue weighted by Gasteiger charge is 2.17. The van der Waals surface area contributed by atoms with E-state index in [0.29, 0.717) is 17.3 Å². The number of benzene rings is 1. The fourth-order valence-electron chi connectivity index (χ4n) is 2.20. The summed E-state index contributed by atoms with van der Waals surface area (Å²) in [5.41, 5.74) is 0.00729. The van der Waals surface area contributed by atoms with Crippen LogP contribution < -0.4 is 10.9 Å². The van der Waals surface area contributed by atoms with Gasteiger partial charge in [0.15, 0.2) is 5.69 Å². The number of nitrogens with zero attached hydrogens (tertiary/aromatic N) is 2. The maximum atomic E-state index is 12.4. The first-order chi connectivity index (χ1) is 10.4. The van der Waals surface area contributed by atoms with Crippen LogP contribution in [0.4, 0.5) is 0 Å². The first-order valence-electron chi connectivity index (χ1n) is 7.36. The third kappa shape index (κ3) is 3.51. The van der Waals surface area contributed by atoms with Crippen LogP contribution in [0.15, 0.2) is 29.1 Å². The van der Waals surface area contributed by atoms with E-state index in [4.69, 9.17) is 0 Å². The van der Waals surface area contributed by atoms with E-state index >= 15 is 0 Å². The number of fused-ring (bicyclic) bond motifs is 1. The van der Waals surface area contributed by atoms with Crippen molar-refractivity contribution in [3.8, 4) is 0 Å². The van der Waals surface area contributed by atoms with Crippen molar-refractivity contribution in [2.24, 2.45) is 5.92 Å². The lowest BCUT2D eigenvalue weighted by Gasteiger charge is -2.13. The lowest BCUT2D eigenvalue weighted by atomic mass is 10.1. The summed E-state index contributed by atoms with van der Waals surface area (Å²) in [5, 5.41) is 17.1. The van der Waals surface area contributed by atoms with Crippen LogP contribution in [0.3, 0.4) is 0 Å². The van der Waals surface area contributed by atoms with Crippen LogP contribution >= 0.6 is 0 Å². The smallest absolute Gasteiger partial charge is 0.274 e. The predicted molar refractivity (Wildman–Crippen MR) is 84.9 cm³/mol. The molecule has 0 saturated carbocycles. The van der Waals surface area contributed by atoms with Gasteiger partial charge in [-0.15, -0.1) is 0 Å². The van der Waals surface area contributed by atoms with Gasteiger partial charge in [0, 0.05) is 18.5 Å². The van der Waals surface area contributed by atoms with Crippen molar-refractivity contribution < 1.29 is 9.90 Å². The van der Waals surface area contributed by atoms with E-state index in [2.05, 4.69) is 10.4 Å². The summed E-state index contributed by atoms with van der Waals surface area (Å²) in [6.45, 7) is 6.14. The van der Waals surface area contributed by atoms with E-state index in [0.717, 1.165) is 0 Å². The SMILES string of the molecule is CC(C)Cn1nc(C(=O)NCC(C)O)c2ccccc2c1=O. The number of carbonyl (C=O) groups is 1. The van der Waals surface area contributed by atoms with Gasteiger partial charge in [0.2, 0.25) is 0 Å². The van der Waals surface area contributed by atoms with Gasteiger partial charge < -0.3 is 10.4 Å². The number of hydrogen-bond donors (Lipinski definition) is 2. The Kier molecular flexibility index (Phi) is 4.92. The first-order valence-corrected chi connectivity index (χ1v) is 7.36. The Balaban J connectivity index is 2.54. The quantitative estimate of drug-likeness (QED) is 0.868. The van der Waals surface area contributed by atoms with Crippen molar-refractivity contribution in [1.82, 2.24) is 15.1 Å². The van der Waals surface area contributed by atoms with Crippen LogP contribution in [0.5, 0.6) is 0 Å². The maximum absolute atomic E-state index is 12.4. The standard InChI is InChI=1S/C16H21N3O3/c1-10(2)9-19-16(22)13-7-5-4-6-12(13)14(18-19)15(21)17-8-11(3)20/h4-7,10-11,20H,8-9H2,1-3H3,(H,17,21). The summed E-state index contributed by atoms with van der Waals surface area (Å²) >= 11 is 0. The van der Waals surface area contributed by atoms with Crippen molar-refractivity contribution in [2.75, 3.05) is 6.54 Å². The van der Waals surface area contributed by atoms with Gasteiger partial charge in [-0.1, -0.05) is 32.0 Å². The second kappa shape index (κ2) is 6.70. The molecule has 2 aromatic rings. The average Bonchev–Trinajstić information content (AvgIpc) is 2.47. The largest absolute Gasteiger partial charge is 0.392 e. The van der Waals surface area contributed by atoms with Crippen molar-refractivity contribution in [1.29, 1.82) is 0 Å². The monoisotopic (exact) mass is 303 g/mol. The number of aromatic nitrogens is 2. The minimum absolute atomic E-state index is 0.137. The molecule has 1 aromatic carbocycles. The summed E-state index contributed by atoms with van der Waals surface area (Å²) in [6.07, 6.45) is -0.642. The van der Waals surface area contributed by atoms with Crippen LogP contribution in [0.1, 0.15) is 31.3 Å². The van der Waals surface area contributed by atoms with Crippen molar-refractivity contribution in [2.45, 2.75) is 33.4 Å². The van der Waals surface area contributed by atoms with Crippen molar-refractivity contribution >= 4 is 16.7 Å². The molecule has 1 heterocycles. The Hall–Kier alpha value is -2.21. The van der Waals surface area contributed by atoms with E-state index in [1.54, 1.807) is 31.2 Å². The molecule has 1 unspecified atom stereocenters. The Morgan fingerprint density at radius 3 is 2.50 bits per heavy atom. The molecule has 2 rings (SSSR count). The molecule has 6 heteroatoms. The second-order valence-electron chi connectivity index (χ2n) is 5.83. The van der Waals surface area contributed by atoms with Crippen molar-refractivity contribution in [3.63, 3.8) is 0 Å². The molecule has 0 saturated heterocycles. The number of hydrogen-bond acceptors (Lipinski definition) is 4. The number of carbonyl (C=O) groups excluding carboxylic acids is 1. The number of rotatable bonds is 5. The van der Waals surface area contributed by atoms with Crippen LogP contribution in [0.25, 0.3) is 10.8 Å². The lowest BCUT2D eigenvalue weighted by molar-refractivity contribution is 0.0918. The van der Waals surface area contributed by atoms with Gasteiger partial charge in [-0.05, 0) is 18.9 Å². The molecule has 0 aliphatic rings. The van der Waals surface area contributed by atoms with Gasteiger partial charge in [-0.25, -0.2) is 4.68 Å². The molecule has 0 spiro atoms. The van der Waals surface area contributed by atoms with Crippen LogP contribution in [-0.4, -0.2) is 33.4 Å². The summed E-state index contributed by atoms with van der Waals surface area (Å²) < 4.78 is 1.34. The zero-order chi connectivity index (χ0) is 16.3. The first kappa shape index (κ1) is 16.2. The minimum Gasteiger partial charge on any atom is -0.392 e. The number of nitrogens with one attached hydrogen (secondary N) is 1. The minimum atomic E-state index is -0.642. The zero-order valence-corrected chi connectivity index (χ0v) is 13.0. The van der Waals surface area contributed by atoms with Crippen molar-refractivity contribution in [3.05, 3.63) is 40.3 Å². The van der Waals surface area contributed by atoms with E-state index in [1.165, 1.54) is 4.68 Å².